The fourth-order valence-corrected chi connectivity index (χ4v) is 6.98. The molecule has 4 heteroatoms. The number of H-pyrrole nitrogens is 1. The van der Waals surface area contributed by atoms with Crippen molar-refractivity contribution in [2.45, 2.75) is 64.1 Å². The summed E-state index contributed by atoms with van der Waals surface area (Å²) in [6.07, 6.45) is 3.21. The van der Waals surface area contributed by atoms with Gasteiger partial charge in [-0.3, -0.25) is 4.79 Å². The van der Waals surface area contributed by atoms with Crippen molar-refractivity contribution < 1.29 is 14.3 Å². The third kappa shape index (κ3) is 3.25. The number of esters is 1. The summed E-state index contributed by atoms with van der Waals surface area (Å²) in [7, 11) is 0. The zero-order valence-electron chi connectivity index (χ0n) is 19.8. The third-order valence-electron chi connectivity index (χ3n) is 8.96. The Hall–Kier alpha value is -2.59. The summed E-state index contributed by atoms with van der Waals surface area (Å²) in [5.74, 6) is 1.29. The second-order valence-electron chi connectivity index (χ2n) is 11.1. The standard InChI is InChI=1S/C29H33NO3/c1-28(2)19-15-22(28)26(18-9-5-4-6-10-18)24(16-19)33-25(31)17-29(3)27-21(13-14-32-29)20-11-7-8-12-23(20)30-27/h4-12,19,22,24,26,30H,13-17H2,1-3H3/t19-,22+,24+,26+,29?/m1/s1. The lowest BCUT2D eigenvalue weighted by atomic mass is 9.44. The summed E-state index contributed by atoms with van der Waals surface area (Å²) in [6.45, 7) is 7.41. The largest absolute Gasteiger partial charge is 0.462 e. The first kappa shape index (κ1) is 21.0. The molecule has 3 saturated carbocycles. The van der Waals surface area contributed by atoms with Crippen LogP contribution in [0.1, 0.15) is 62.8 Å². The highest BCUT2D eigenvalue weighted by molar-refractivity contribution is 5.85. The van der Waals surface area contributed by atoms with Crippen molar-refractivity contribution in [2.75, 3.05) is 6.61 Å². The molecule has 2 aromatic carbocycles. The van der Waals surface area contributed by atoms with Crippen molar-refractivity contribution in [3.05, 3.63) is 71.4 Å². The van der Waals surface area contributed by atoms with Crippen LogP contribution in [0.25, 0.3) is 10.9 Å². The molecule has 2 heterocycles. The zero-order chi connectivity index (χ0) is 22.8. The van der Waals surface area contributed by atoms with E-state index in [-0.39, 0.29) is 24.4 Å². The quantitative estimate of drug-likeness (QED) is 0.495. The molecule has 1 unspecified atom stereocenters. The van der Waals surface area contributed by atoms with Gasteiger partial charge < -0.3 is 14.5 Å². The molecule has 4 aliphatic rings. The van der Waals surface area contributed by atoms with Crippen LogP contribution >= 0.6 is 0 Å². The second kappa shape index (κ2) is 7.46. The minimum absolute atomic E-state index is 0.0638. The van der Waals surface area contributed by atoms with Crippen molar-refractivity contribution in [2.24, 2.45) is 17.3 Å². The average Bonchev–Trinajstić information content (AvgIpc) is 3.20. The molecule has 5 atom stereocenters. The molecule has 4 nitrogen and oxygen atoms in total. The maximum absolute atomic E-state index is 13.4. The molecule has 1 aliphatic heterocycles. The summed E-state index contributed by atoms with van der Waals surface area (Å²) in [5, 5.41) is 1.23. The fraction of sp³-hybridized carbons (Fsp3) is 0.483. The van der Waals surface area contributed by atoms with Gasteiger partial charge in [-0.1, -0.05) is 62.4 Å². The predicted molar refractivity (Wildman–Crippen MR) is 129 cm³/mol. The lowest BCUT2D eigenvalue weighted by molar-refractivity contribution is -0.181. The van der Waals surface area contributed by atoms with Crippen molar-refractivity contribution in [1.29, 1.82) is 0 Å². The minimum Gasteiger partial charge on any atom is -0.462 e. The van der Waals surface area contributed by atoms with Crippen molar-refractivity contribution >= 4 is 16.9 Å². The van der Waals surface area contributed by atoms with E-state index in [0.29, 0.717) is 23.9 Å². The number of rotatable bonds is 4. The molecule has 7 rings (SSSR count). The number of hydrogen-bond donors (Lipinski definition) is 1. The van der Waals surface area contributed by atoms with Crippen LogP contribution in [0.2, 0.25) is 0 Å². The molecule has 0 saturated heterocycles. The number of benzene rings is 2. The van der Waals surface area contributed by atoms with E-state index in [4.69, 9.17) is 9.47 Å². The summed E-state index contributed by atoms with van der Waals surface area (Å²) >= 11 is 0. The molecule has 1 N–H and O–H groups in total. The van der Waals surface area contributed by atoms with Gasteiger partial charge in [0.15, 0.2) is 0 Å². The van der Waals surface area contributed by atoms with Gasteiger partial charge in [-0.05, 0) is 60.6 Å². The van der Waals surface area contributed by atoms with Gasteiger partial charge in [0, 0.05) is 16.8 Å². The summed E-state index contributed by atoms with van der Waals surface area (Å²) in [5.41, 5.74) is 4.31. The van der Waals surface area contributed by atoms with Crippen LogP contribution in [-0.2, 0) is 26.3 Å². The maximum Gasteiger partial charge on any atom is 0.309 e. The molecule has 2 bridgehead atoms. The summed E-state index contributed by atoms with van der Waals surface area (Å²) in [6, 6.07) is 19.0. The van der Waals surface area contributed by atoms with E-state index >= 15 is 0 Å². The topological polar surface area (TPSA) is 51.3 Å². The number of hydrogen-bond acceptors (Lipinski definition) is 3. The Bertz CT molecular complexity index is 1200. The highest BCUT2D eigenvalue weighted by atomic mass is 16.5. The van der Waals surface area contributed by atoms with E-state index in [2.05, 4.69) is 67.4 Å². The number of fused-ring (bicyclic) bond motifs is 5. The second-order valence-corrected chi connectivity index (χ2v) is 11.1. The predicted octanol–water partition coefficient (Wildman–Crippen LogP) is 6.11. The Morgan fingerprint density at radius 3 is 2.61 bits per heavy atom. The monoisotopic (exact) mass is 443 g/mol. The number of nitrogens with one attached hydrogen (secondary N) is 1. The SMILES string of the molecule is CC1(CC(=O)O[C@H]2C[C@H]3C[C@@H]([C@@H]2c2ccccc2)C3(C)C)OCCc2c1[nH]c1ccccc21. The maximum atomic E-state index is 13.4. The van der Waals surface area contributed by atoms with Crippen molar-refractivity contribution in [3.63, 3.8) is 0 Å². The summed E-state index contributed by atoms with van der Waals surface area (Å²) < 4.78 is 12.5. The normalized spacial score (nSPS) is 32.1. The van der Waals surface area contributed by atoms with Gasteiger partial charge in [0.05, 0.1) is 18.7 Å². The highest BCUT2D eigenvalue weighted by Gasteiger charge is 2.59. The Labute approximate surface area is 195 Å². The molecule has 0 spiro atoms. The van der Waals surface area contributed by atoms with E-state index in [9.17, 15) is 4.79 Å². The van der Waals surface area contributed by atoms with E-state index in [1.807, 2.05) is 13.0 Å². The number of ether oxygens (including phenoxy) is 2. The molecule has 33 heavy (non-hydrogen) atoms. The van der Waals surface area contributed by atoms with Crippen LogP contribution in [0.4, 0.5) is 0 Å². The Morgan fingerprint density at radius 1 is 1.06 bits per heavy atom. The van der Waals surface area contributed by atoms with Crippen LogP contribution in [0.5, 0.6) is 0 Å². The van der Waals surface area contributed by atoms with Crippen molar-refractivity contribution in [3.8, 4) is 0 Å². The molecule has 0 amide bonds. The van der Waals surface area contributed by atoms with Gasteiger partial charge in [0.25, 0.3) is 0 Å². The van der Waals surface area contributed by atoms with Crippen LogP contribution in [0.15, 0.2) is 54.6 Å². The average molecular weight is 444 g/mol. The number of para-hydroxylation sites is 1. The molecular formula is C29H33NO3. The first-order chi connectivity index (χ1) is 15.9. The van der Waals surface area contributed by atoms with Gasteiger partial charge in [-0.2, -0.15) is 0 Å². The van der Waals surface area contributed by atoms with Crippen LogP contribution < -0.4 is 0 Å². The number of aromatic amines is 1. The Balaban J connectivity index is 1.25. The Morgan fingerprint density at radius 2 is 1.82 bits per heavy atom. The van der Waals surface area contributed by atoms with Crippen LogP contribution in [0.3, 0.4) is 0 Å². The lowest BCUT2D eigenvalue weighted by Gasteiger charge is -2.62. The Kier molecular flexibility index (Phi) is 4.74. The molecule has 1 aromatic heterocycles. The zero-order valence-corrected chi connectivity index (χ0v) is 19.8. The minimum atomic E-state index is -0.692. The molecule has 172 valence electrons. The molecule has 3 aliphatic carbocycles. The van der Waals surface area contributed by atoms with E-state index in [1.54, 1.807) is 0 Å². The van der Waals surface area contributed by atoms with Crippen LogP contribution in [-0.4, -0.2) is 23.7 Å². The molecule has 3 fully saturated rings. The van der Waals surface area contributed by atoms with Gasteiger partial charge in [0.2, 0.25) is 0 Å². The highest BCUT2D eigenvalue weighted by Crippen LogP contribution is 2.64. The third-order valence-corrected chi connectivity index (χ3v) is 8.96. The van der Waals surface area contributed by atoms with E-state index < -0.39 is 5.60 Å². The van der Waals surface area contributed by atoms with Crippen molar-refractivity contribution in [1.82, 2.24) is 4.98 Å². The molecule has 0 radical (unpaired) electrons. The lowest BCUT2D eigenvalue weighted by Crippen LogP contribution is -2.57. The fourth-order valence-electron chi connectivity index (χ4n) is 6.98. The number of carbonyl (C=O) groups excluding carboxylic acids is 1. The van der Waals surface area contributed by atoms with Gasteiger partial charge >= 0.3 is 5.97 Å². The number of carbonyl (C=O) groups is 1. The van der Waals surface area contributed by atoms with Gasteiger partial charge in [-0.25, -0.2) is 0 Å². The van der Waals surface area contributed by atoms with Gasteiger partial charge in [0.1, 0.15) is 11.7 Å². The molecule has 3 aromatic rings. The van der Waals surface area contributed by atoms with E-state index in [1.165, 1.54) is 22.9 Å². The first-order valence-electron chi connectivity index (χ1n) is 12.4. The number of aromatic nitrogens is 1. The first-order valence-corrected chi connectivity index (χ1v) is 12.4. The smallest absolute Gasteiger partial charge is 0.309 e. The van der Waals surface area contributed by atoms with Crippen LogP contribution in [0, 0.1) is 17.3 Å². The van der Waals surface area contributed by atoms with Gasteiger partial charge in [-0.15, -0.1) is 0 Å². The molecular weight excluding hydrogens is 410 g/mol. The van der Waals surface area contributed by atoms with E-state index in [0.717, 1.165) is 24.1 Å². The summed E-state index contributed by atoms with van der Waals surface area (Å²) in [4.78, 5) is 16.9.